The summed E-state index contributed by atoms with van der Waals surface area (Å²) in [6, 6.07) is 0. The van der Waals surface area contributed by atoms with Crippen LogP contribution in [0.25, 0.3) is 0 Å². The summed E-state index contributed by atoms with van der Waals surface area (Å²) in [7, 11) is 2.35. The minimum Gasteiger partial charge on any atom is -0.481 e. The molecule has 0 saturated heterocycles. The number of carboxylic acid groups (broad SMARTS) is 2. The van der Waals surface area contributed by atoms with Crippen LogP contribution in [0.4, 0.5) is 0 Å². The van der Waals surface area contributed by atoms with Crippen LogP contribution in [-0.2, 0) is 28.7 Å². The van der Waals surface area contributed by atoms with Gasteiger partial charge in [0, 0.05) is 0 Å². The van der Waals surface area contributed by atoms with E-state index in [0.29, 0.717) is 0 Å². The summed E-state index contributed by atoms with van der Waals surface area (Å²) in [5.41, 5.74) is 0. The summed E-state index contributed by atoms with van der Waals surface area (Å²) in [5.74, 6) is -8.55. The second-order valence-electron chi connectivity index (χ2n) is 5.77. The van der Waals surface area contributed by atoms with Crippen molar-refractivity contribution in [3.63, 3.8) is 0 Å². The number of aliphatic carboxylic acids is 2. The van der Waals surface area contributed by atoms with E-state index in [1.165, 1.54) is 14.2 Å². The van der Waals surface area contributed by atoms with Crippen LogP contribution in [0.15, 0.2) is 0 Å². The normalized spacial score (nSPS) is 36.5. The highest BCUT2D eigenvalue weighted by Crippen LogP contribution is 2.57. The van der Waals surface area contributed by atoms with Gasteiger partial charge in [0.15, 0.2) is 0 Å². The molecule has 6 atom stereocenters. The Hall–Kier alpha value is -2.12. The van der Waals surface area contributed by atoms with E-state index in [0.717, 1.165) is 0 Å². The quantitative estimate of drug-likeness (QED) is 0.694. The number of carboxylic acids is 2. The topological polar surface area (TPSA) is 127 Å². The minimum atomic E-state index is -1.14. The van der Waals surface area contributed by atoms with Gasteiger partial charge in [0.05, 0.1) is 37.9 Å². The number of ether oxygens (including phenoxy) is 2. The molecule has 8 nitrogen and oxygen atoms in total. The van der Waals surface area contributed by atoms with E-state index in [4.69, 9.17) is 0 Å². The lowest BCUT2D eigenvalue weighted by molar-refractivity contribution is -0.151. The van der Waals surface area contributed by atoms with Gasteiger partial charge in [-0.15, -0.1) is 0 Å². The van der Waals surface area contributed by atoms with Crippen molar-refractivity contribution in [3.8, 4) is 0 Å². The van der Waals surface area contributed by atoms with E-state index in [1.54, 1.807) is 0 Å². The molecule has 2 saturated carbocycles. The Morgan fingerprint density at radius 1 is 0.727 bits per heavy atom. The lowest BCUT2D eigenvalue weighted by Crippen LogP contribution is -2.31. The van der Waals surface area contributed by atoms with Gasteiger partial charge >= 0.3 is 23.9 Å². The molecular formula is C14H18O8. The second-order valence-corrected chi connectivity index (χ2v) is 5.77. The van der Waals surface area contributed by atoms with Gasteiger partial charge in [0.25, 0.3) is 0 Å². The highest BCUT2D eigenvalue weighted by atomic mass is 16.5. The lowest BCUT2D eigenvalue weighted by Gasteiger charge is -2.22. The first-order chi connectivity index (χ1) is 10.3. The zero-order valence-corrected chi connectivity index (χ0v) is 12.2. The maximum absolute atomic E-state index is 11.9. The number of carbonyl (C=O) groups is 4. The van der Waals surface area contributed by atoms with Crippen molar-refractivity contribution in [2.24, 2.45) is 35.5 Å². The van der Waals surface area contributed by atoms with E-state index in [2.05, 4.69) is 9.47 Å². The summed E-state index contributed by atoms with van der Waals surface area (Å²) in [5, 5.41) is 18.8. The number of carbonyl (C=O) groups excluding carboxylic acids is 2. The molecule has 2 fully saturated rings. The van der Waals surface area contributed by atoms with Crippen molar-refractivity contribution in [1.82, 2.24) is 0 Å². The van der Waals surface area contributed by atoms with Crippen LogP contribution < -0.4 is 0 Å². The number of esters is 2. The highest BCUT2D eigenvalue weighted by molar-refractivity contribution is 5.83. The maximum Gasteiger partial charge on any atom is 0.308 e. The first kappa shape index (κ1) is 16.3. The van der Waals surface area contributed by atoms with Crippen LogP contribution >= 0.6 is 0 Å². The van der Waals surface area contributed by atoms with E-state index >= 15 is 0 Å². The highest BCUT2D eigenvalue weighted by Gasteiger charge is 2.62. The number of methoxy groups -OCH3 is 2. The molecule has 2 N–H and O–H groups in total. The molecule has 8 heteroatoms. The standard InChI is InChI=1S/C14H18O8/c1-21-13(19)7-3-5(11(15)16)10-8(14(20)22-2)4-6(9(7)10)12(17)18/h5-10H,3-4H2,1-2H3,(H,15,16)(H,17,18). The number of hydrogen-bond acceptors (Lipinski definition) is 6. The average molecular weight is 314 g/mol. The molecule has 0 aromatic heterocycles. The maximum atomic E-state index is 11.9. The molecule has 0 heterocycles. The van der Waals surface area contributed by atoms with Crippen molar-refractivity contribution in [2.45, 2.75) is 12.8 Å². The molecule has 0 amide bonds. The first-order valence-corrected chi connectivity index (χ1v) is 6.94. The zero-order chi connectivity index (χ0) is 16.6. The second kappa shape index (κ2) is 5.94. The van der Waals surface area contributed by atoms with E-state index in [-0.39, 0.29) is 12.8 Å². The predicted octanol–water partition coefficient (Wildman–Crippen LogP) is 0.00620. The molecule has 2 rings (SSSR count). The summed E-state index contributed by atoms with van der Waals surface area (Å²) >= 11 is 0. The Labute approximate surface area is 126 Å². The zero-order valence-electron chi connectivity index (χ0n) is 12.2. The third kappa shape index (κ3) is 2.42. The van der Waals surface area contributed by atoms with Gasteiger partial charge in [-0.05, 0) is 24.7 Å². The molecule has 22 heavy (non-hydrogen) atoms. The van der Waals surface area contributed by atoms with Gasteiger partial charge in [0.1, 0.15) is 0 Å². The summed E-state index contributed by atoms with van der Waals surface area (Å²) < 4.78 is 9.36. The Morgan fingerprint density at radius 2 is 1.05 bits per heavy atom. The fraction of sp³-hybridized carbons (Fsp3) is 0.714. The van der Waals surface area contributed by atoms with Gasteiger partial charge in [-0.1, -0.05) is 0 Å². The fourth-order valence-electron chi connectivity index (χ4n) is 4.15. The van der Waals surface area contributed by atoms with Crippen molar-refractivity contribution in [2.75, 3.05) is 14.2 Å². The van der Waals surface area contributed by atoms with Crippen molar-refractivity contribution < 1.29 is 38.9 Å². The van der Waals surface area contributed by atoms with E-state index < -0.39 is 59.4 Å². The molecule has 0 radical (unpaired) electrons. The van der Waals surface area contributed by atoms with E-state index in [9.17, 15) is 29.4 Å². The fourth-order valence-corrected chi connectivity index (χ4v) is 4.15. The van der Waals surface area contributed by atoms with Gasteiger partial charge in [0.2, 0.25) is 0 Å². The molecule has 0 aromatic rings. The molecule has 6 unspecified atom stereocenters. The lowest BCUT2D eigenvalue weighted by atomic mass is 9.82. The van der Waals surface area contributed by atoms with Gasteiger partial charge in [-0.3, -0.25) is 19.2 Å². The Morgan fingerprint density at radius 3 is 1.27 bits per heavy atom. The molecule has 2 aliphatic carbocycles. The molecule has 0 spiro atoms. The number of hydrogen-bond donors (Lipinski definition) is 2. The van der Waals surface area contributed by atoms with Gasteiger partial charge in [-0.25, -0.2) is 0 Å². The first-order valence-electron chi connectivity index (χ1n) is 6.94. The average Bonchev–Trinajstić information content (AvgIpc) is 3.03. The van der Waals surface area contributed by atoms with Crippen molar-refractivity contribution in [1.29, 1.82) is 0 Å². The van der Waals surface area contributed by atoms with Crippen molar-refractivity contribution in [3.05, 3.63) is 0 Å². The summed E-state index contributed by atoms with van der Waals surface area (Å²) in [6.45, 7) is 0. The van der Waals surface area contributed by atoms with Gasteiger partial charge < -0.3 is 19.7 Å². The Kier molecular flexibility index (Phi) is 4.39. The van der Waals surface area contributed by atoms with Crippen LogP contribution in [0, 0.1) is 35.5 Å². The largest absolute Gasteiger partial charge is 0.481 e. The third-order valence-corrected chi connectivity index (χ3v) is 4.96. The number of rotatable bonds is 4. The molecule has 0 aliphatic heterocycles. The molecular weight excluding hydrogens is 296 g/mol. The third-order valence-electron chi connectivity index (χ3n) is 4.96. The Balaban J connectivity index is 2.44. The van der Waals surface area contributed by atoms with Crippen LogP contribution in [0.2, 0.25) is 0 Å². The van der Waals surface area contributed by atoms with Crippen molar-refractivity contribution >= 4 is 23.9 Å². The Bertz CT molecular complexity index is 467. The molecule has 2 aliphatic rings. The van der Waals surface area contributed by atoms with Crippen LogP contribution in [-0.4, -0.2) is 48.3 Å². The molecule has 0 aromatic carbocycles. The molecule has 0 bridgehead atoms. The van der Waals surface area contributed by atoms with Crippen LogP contribution in [0.3, 0.4) is 0 Å². The monoisotopic (exact) mass is 314 g/mol. The smallest absolute Gasteiger partial charge is 0.308 e. The molecule has 122 valence electrons. The van der Waals surface area contributed by atoms with E-state index in [1.807, 2.05) is 0 Å². The number of fused-ring (bicyclic) bond motifs is 1. The summed E-state index contributed by atoms with van der Waals surface area (Å²) in [4.78, 5) is 46.8. The minimum absolute atomic E-state index is 0.0192. The van der Waals surface area contributed by atoms with Crippen LogP contribution in [0.5, 0.6) is 0 Å². The summed E-state index contributed by atoms with van der Waals surface area (Å²) in [6.07, 6.45) is -0.0385. The SMILES string of the molecule is COC(=O)C1CC(C(=O)O)C2C(C(=O)OC)CC(C(=O)O)C12. The van der Waals surface area contributed by atoms with Gasteiger partial charge in [-0.2, -0.15) is 0 Å². The van der Waals surface area contributed by atoms with Crippen LogP contribution in [0.1, 0.15) is 12.8 Å². The predicted molar refractivity (Wildman–Crippen MR) is 69.5 cm³/mol.